The Labute approximate surface area is 82.3 Å². The van der Waals surface area contributed by atoms with Crippen LogP contribution in [-0.4, -0.2) is 56.9 Å². The van der Waals surface area contributed by atoms with E-state index >= 15 is 0 Å². The Morgan fingerprint density at radius 3 is 1.00 bits per heavy atom. The molecule has 4 heteroatoms. The Hall–Kier alpha value is 2.24. The van der Waals surface area contributed by atoms with E-state index in [2.05, 4.69) is 0 Å². The van der Waals surface area contributed by atoms with Gasteiger partial charge in [-0.25, -0.2) is 0 Å². The van der Waals surface area contributed by atoms with Gasteiger partial charge >= 0.3 is 51.4 Å². The average molecular weight is 259 g/mol. The van der Waals surface area contributed by atoms with Crippen molar-refractivity contribution < 1.29 is 26.5 Å². The van der Waals surface area contributed by atoms with Gasteiger partial charge in [0.05, 0.1) is 0 Å². The van der Waals surface area contributed by atoms with Crippen LogP contribution in [0.5, 0.6) is 0 Å². The van der Waals surface area contributed by atoms with E-state index in [1.807, 2.05) is 0 Å². The van der Waals surface area contributed by atoms with Gasteiger partial charge in [-0.1, -0.05) is 0 Å². The monoisotopic (exact) mass is 259 g/mol. The molecule has 4 heavy (non-hydrogen) atoms. The van der Waals surface area contributed by atoms with Crippen LogP contribution in [0.2, 0.25) is 0 Å². The van der Waals surface area contributed by atoms with Crippen molar-refractivity contribution in [2.75, 3.05) is 0 Å². The van der Waals surface area contributed by atoms with Crippen molar-refractivity contribution in [3.8, 4) is 0 Å². The Bertz CT molecular complexity index is 8.00. The largest absolute Gasteiger partial charge is 0 e. The van der Waals surface area contributed by atoms with E-state index in [9.17, 15) is 0 Å². The number of hydrogen-bond donors (Lipinski definition) is 1. The zero-order valence-corrected chi connectivity index (χ0v) is 4.55. The van der Waals surface area contributed by atoms with Gasteiger partial charge in [-0.3, -0.25) is 0 Å². The van der Waals surface area contributed by atoms with Crippen LogP contribution >= 0.6 is 0 Å². The van der Waals surface area contributed by atoms with Crippen molar-refractivity contribution >= 4 is 51.4 Å². The van der Waals surface area contributed by atoms with Crippen LogP contribution in [0.25, 0.3) is 0 Å². The molecule has 0 heterocycles. The molecule has 0 rings (SSSR count). The van der Waals surface area contributed by atoms with E-state index in [1.165, 1.54) is 0 Å². The van der Waals surface area contributed by atoms with E-state index in [0.717, 1.165) is 0 Å². The minimum atomic E-state index is 0. The van der Waals surface area contributed by atoms with Crippen LogP contribution in [0, 0.1) is 0 Å². The van der Waals surface area contributed by atoms with E-state index in [0.29, 0.717) is 0 Å². The van der Waals surface area contributed by atoms with Gasteiger partial charge in [0, 0.05) is 21.1 Å². The van der Waals surface area contributed by atoms with Gasteiger partial charge in [0.1, 0.15) is 0 Å². The molecule has 5 N–H and O–H groups in total. The topological polar surface area (TPSA) is 66.5 Å². The predicted molar refractivity (Wildman–Crippen MR) is 15.8 cm³/mol. The molecule has 0 bridgehead atoms. The maximum Gasteiger partial charge on any atom is 0 e. The molecule has 0 aromatic heterocycles. The van der Waals surface area contributed by atoms with E-state index < -0.39 is 0 Å². The van der Waals surface area contributed by atoms with Crippen LogP contribution < -0.4 is 6.15 Å². The second-order valence-electron chi connectivity index (χ2n) is 0. The number of hydrogen-bond acceptors (Lipinski definition) is 1. The standard InChI is InChI=1S/K.H3N.H2O.W.H/h;1H3;1H2;;. The molecule has 0 amide bonds. The minimum Gasteiger partial charge on any atom is 0 e. The van der Waals surface area contributed by atoms with Crippen LogP contribution in [0.1, 0.15) is 0 Å². The van der Waals surface area contributed by atoms with Crippen molar-refractivity contribution in [2.45, 2.75) is 0 Å². The Morgan fingerprint density at radius 2 is 1.00 bits per heavy atom. The van der Waals surface area contributed by atoms with Crippen molar-refractivity contribution in [3.05, 3.63) is 0 Å². The molecule has 0 saturated heterocycles. The first-order valence-electron chi connectivity index (χ1n) is 0. The SMILES string of the molecule is N.O.[KH].[W]. The first-order chi connectivity index (χ1) is 0. The summed E-state index contributed by atoms with van der Waals surface area (Å²) in [5.74, 6) is 0. The van der Waals surface area contributed by atoms with Gasteiger partial charge in [-0.05, 0) is 0 Å². The van der Waals surface area contributed by atoms with Crippen molar-refractivity contribution in [3.63, 3.8) is 0 Å². The molecule has 24 valence electrons. The zero-order valence-electron chi connectivity index (χ0n) is 1.62. The minimum absolute atomic E-state index is 0. The predicted octanol–water partition coefficient (Wildman–Crippen LogP) is -1.31. The Balaban J connectivity index is 0. The van der Waals surface area contributed by atoms with Crippen molar-refractivity contribution in [1.82, 2.24) is 6.15 Å². The molecule has 0 aromatic carbocycles. The summed E-state index contributed by atoms with van der Waals surface area (Å²) in [5, 5.41) is 0. The normalized spacial score (nSPS) is 0. The van der Waals surface area contributed by atoms with Gasteiger partial charge < -0.3 is 11.6 Å². The average Bonchev–Trinajstić information content (AvgIpc) is 0. The van der Waals surface area contributed by atoms with Gasteiger partial charge in [-0.2, -0.15) is 0 Å². The summed E-state index contributed by atoms with van der Waals surface area (Å²) in [6.07, 6.45) is 0. The van der Waals surface area contributed by atoms with Gasteiger partial charge in [0.25, 0.3) is 0 Å². The van der Waals surface area contributed by atoms with E-state index in [1.54, 1.807) is 0 Å². The molecule has 0 radical (unpaired) electrons. The molecule has 0 fully saturated rings. The van der Waals surface area contributed by atoms with Crippen molar-refractivity contribution in [1.29, 1.82) is 0 Å². The molecule has 0 atom stereocenters. The molecule has 0 spiro atoms. The first-order valence-corrected chi connectivity index (χ1v) is 0. The second-order valence-corrected chi connectivity index (χ2v) is 0. The third-order valence-electron chi connectivity index (χ3n) is 0. The van der Waals surface area contributed by atoms with Crippen LogP contribution in [0.15, 0.2) is 0 Å². The maximum absolute atomic E-state index is 0. The van der Waals surface area contributed by atoms with Crippen LogP contribution in [0.3, 0.4) is 0 Å². The molecule has 0 aliphatic rings. The maximum atomic E-state index is 0. The summed E-state index contributed by atoms with van der Waals surface area (Å²) < 4.78 is 0. The zero-order chi connectivity index (χ0) is 0. The summed E-state index contributed by atoms with van der Waals surface area (Å²) in [6.45, 7) is 0. The third kappa shape index (κ3) is 8.87. The Morgan fingerprint density at radius 1 is 1.00 bits per heavy atom. The smallest absolute Gasteiger partial charge is 0 e. The summed E-state index contributed by atoms with van der Waals surface area (Å²) in [5.41, 5.74) is 0. The second kappa shape index (κ2) is 18.8. The van der Waals surface area contributed by atoms with Crippen LogP contribution in [0.4, 0.5) is 0 Å². The molecular formula is H6KNOW. The number of rotatable bonds is 0. The molecule has 0 aliphatic carbocycles. The molecule has 0 aromatic rings. The third-order valence-corrected chi connectivity index (χ3v) is 0. The fraction of sp³-hybridized carbons (Fsp3) is 0. The summed E-state index contributed by atoms with van der Waals surface area (Å²) >= 11 is 0. The van der Waals surface area contributed by atoms with E-state index in [4.69, 9.17) is 0 Å². The molecule has 0 unspecified atom stereocenters. The molecule has 2 nitrogen and oxygen atoms in total. The fourth-order valence-corrected chi connectivity index (χ4v) is 0. The summed E-state index contributed by atoms with van der Waals surface area (Å²) in [6, 6.07) is 0. The Kier molecular flexibility index (Phi) is 160. The van der Waals surface area contributed by atoms with Gasteiger partial charge in [-0.15, -0.1) is 0 Å². The quantitative estimate of drug-likeness (QED) is 0.539. The van der Waals surface area contributed by atoms with Gasteiger partial charge in [0.15, 0.2) is 0 Å². The molecule has 0 saturated carbocycles. The van der Waals surface area contributed by atoms with Crippen LogP contribution in [-0.2, 0) is 21.1 Å². The fourth-order valence-electron chi connectivity index (χ4n) is 0. The summed E-state index contributed by atoms with van der Waals surface area (Å²) in [7, 11) is 0. The molecule has 0 aliphatic heterocycles. The van der Waals surface area contributed by atoms with E-state index in [-0.39, 0.29) is 84.1 Å². The van der Waals surface area contributed by atoms with Crippen molar-refractivity contribution in [2.24, 2.45) is 0 Å². The molecular weight excluding hydrogens is 253 g/mol. The summed E-state index contributed by atoms with van der Waals surface area (Å²) in [4.78, 5) is 0. The first kappa shape index (κ1) is 34.1. The van der Waals surface area contributed by atoms with Gasteiger partial charge in [0.2, 0.25) is 0 Å².